The van der Waals surface area contributed by atoms with Crippen LogP contribution in [0.1, 0.15) is 6.42 Å². The van der Waals surface area contributed by atoms with E-state index in [9.17, 15) is 9.59 Å². The van der Waals surface area contributed by atoms with Crippen LogP contribution in [0.15, 0.2) is 41.3 Å². The number of amides is 2. The van der Waals surface area contributed by atoms with Gasteiger partial charge in [-0.2, -0.15) is 0 Å². The number of benzene rings is 2. The zero-order valence-corrected chi connectivity index (χ0v) is 16.2. The third-order valence-corrected chi connectivity index (χ3v) is 6.58. The van der Waals surface area contributed by atoms with Crippen LogP contribution in [0.4, 0.5) is 10.8 Å². The number of nitrogens with zero attached hydrogens (tertiary/aromatic N) is 1. The van der Waals surface area contributed by atoms with Crippen molar-refractivity contribution in [1.82, 2.24) is 4.98 Å². The van der Waals surface area contributed by atoms with Crippen molar-refractivity contribution >= 4 is 55.9 Å². The Kier molecular flexibility index (Phi) is 4.33. The number of hydrogen-bond donors (Lipinski definition) is 2. The zero-order valence-electron chi connectivity index (χ0n) is 14.6. The van der Waals surface area contributed by atoms with Crippen LogP contribution in [-0.4, -0.2) is 35.3 Å². The average molecular weight is 413 g/mol. The Bertz CT molecular complexity index is 1050. The molecule has 1 atom stereocenters. The summed E-state index contributed by atoms with van der Waals surface area (Å²) in [5.74, 6) is 0.943. The van der Waals surface area contributed by atoms with E-state index in [0.717, 1.165) is 20.8 Å². The first-order valence-corrected chi connectivity index (χ1v) is 10.4. The van der Waals surface area contributed by atoms with E-state index < -0.39 is 5.25 Å². The Balaban J connectivity index is 1.30. The number of para-hydroxylation sites is 1. The smallest absolute Gasteiger partial charge is 0.238 e. The fourth-order valence-corrected chi connectivity index (χ4v) is 5.09. The van der Waals surface area contributed by atoms with Gasteiger partial charge in [-0.15, -0.1) is 11.8 Å². The lowest BCUT2D eigenvalue weighted by Gasteiger charge is -2.23. The number of carbonyl (C=O) groups is 2. The molecule has 142 valence electrons. The van der Waals surface area contributed by atoms with Crippen LogP contribution in [-0.2, 0) is 9.59 Å². The van der Waals surface area contributed by atoms with Crippen LogP contribution < -0.4 is 20.1 Å². The van der Waals surface area contributed by atoms with E-state index in [4.69, 9.17) is 9.47 Å². The molecule has 7 nitrogen and oxygen atoms in total. The Labute approximate surface area is 168 Å². The van der Waals surface area contributed by atoms with Crippen LogP contribution >= 0.6 is 23.1 Å². The standard InChI is InChI=1S/C19H15N3O4S2/c23-17(9-16-18(24)20-10-3-1-2-4-14(10)27-16)22-19-21-11-7-12-13(8-15(11)28-19)26-6-5-25-12/h1-4,7-8,16H,5-6,9H2,(H,20,24)(H,21,22,23). The van der Waals surface area contributed by atoms with Gasteiger partial charge in [0.25, 0.3) is 0 Å². The molecule has 9 heteroatoms. The van der Waals surface area contributed by atoms with Crippen molar-refractivity contribution in [3.8, 4) is 11.5 Å². The SMILES string of the molecule is O=C(CC1Sc2ccccc2NC1=O)Nc1nc2cc3c(cc2s1)OCCO3. The van der Waals surface area contributed by atoms with Gasteiger partial charge in [-0.05, 0) is 12.1 Å². The molecule has 0 saturated carbocycles. The number of rotatable bonds is 3. The molecule has 28 heavy (non-hydrogen) atoms. The summed E-state index contributed by atoms with van der Waals surface area (Å²) in [5, 5.41) is 5.67. The predicted molar refractivity (Wildman–Crippen MR) is 109 cm³/mol. The van der Waals surface area contributed by atoms with Crippen LogP contribution in [0.3, 0.4) is 0 Å². The van der Waals surface area contributed by atoms with E-state index in [1.807, 2.05) is 36.4 Å². The Morgan fingerprint density at radius 1 is 1.21 bits per heavy atom. The second-order valence-corrected chi connectivity index (χ2v) is 8.60. The highest BCUT2D eigenvalue weighted by Crippen LogP contribution is 2.39. The van der Waals surface area contributed by atoms with Crippen molar-refractivity contribution in [2.45, 2.75) is 16.6 Å². The molecule has 0 radical (unpaired) electrons. The number of hydrogen-bond acceptors (Lipinski definition) is 7. The Morgan fingerprint density at radius 2 is 2.00 bits per heavy atom. The molecule has 5 rings (SSSR count). The second-order valence-electron chi connectivity index (χ2n) is 6.33. The van der Waals surface area contributed by atoms with Gasteiger partial charge in [-0.3, -0.25) is 9.59 Å². The van der Waals surface area contributed by atoms with Gasteiger partial charge in [0, 0.05) is 23.4 Å². The number of fused-ring (bicyclic) bond motifs is 3. The first-order chi connectivity index (χ1) is 13.7. The molecule has 2 amide bonds. The number of carbonyl (C=O) groups excluding carboxylic acids is 2. The van der Waals surface area contributed by atoms with Gasteiger partial charge in [0.05, 0.1) is 21.2 Å². The van der Waals surface area contributed by atoms with Gasteiger partial charge in [0.1, 0.15) is 13.2 Å². The molecule has 2 aliphatic rings. The van der Waals surface area contributed by atoms with Crippen molar-refractivity contribution in [2.24, 2.45) is 0 Å². The summed E-state index contributed by atoms with van der Waals surface area (Å²) in [6.45, 7) is 1.03. The van der Waals surface area contributed by atoms with Crippen molar-refractivity contribution in [3.05, 3.63) is 36.4 Å². The van der Waals surface area contributed by atoms with E-state index >= 15 is 0 Å². The van der Waals surface area contributed by atoms with E-state index in [1.165, 1.54) is 23.1 Å². The molecular formula is C19H15N3O4S2. The number of ether oxygens (including phenoxy) is 2. The molecule has 2 aromatic carbocycles. The predicted octanol–water partition coefficient (Wildman–Crippen LogP) is 3.51. The van der Waals surface area contributed by atoms with Crippen LogP contribution in [0.5, 0.6) is 11.5 Å². The first kappa shape index (κ1) is 17.3. The molecular weight excluding hydrogens is 398 g/mol. The molecule has 2 N–H and O–H groups in total. The topological polar surface area (TPSA) is 89.6 Å². The van der Waals surface area contributed by atoms with E-state index in [1.54, 1.807) is 0 Å². The van der Waals surface area contributed by atoms with Gasteiger partial charge in [0.2, 0.25) is 11.8 Å². The molecule has 3 heterocycles. The summed E-state index contributed by atoms with van der Waals surface area (Å²) in [5.41, 5.74) is 1.52. The molecule has 3 aromatic rings. The number of thiazole rings is 1. The minimum absolute atomic E-state index is 0.0729. The maximum absolute atomic E-state index is 12.5. The maximum atomic E-state index is 12.5. The van der Waals surface area contributed by atoms with Gasteiger partial charge in [0.15, 0.2) is 16.6 Å². The quantitative estimate of drug-likeness (QED) is 0.683. The monoisotopic (exact) mass is 413 g/mol. The summed E-state index contributed by atoms with van der Waals surface area (Å²) < 4.78 is 12.1. The number of anilines is 2. The van der Waals surface area contributed by atoms with Crippen molar-refractivity contribution < 1.29 is 19.1 Å². The molecule has 0 aliphatic carbocycles. The molecule has 0 fully saturated rings. The normalized spacial score (nSPS) is 17.7. The highest BCUT2D eigenvalue weighted by atomic mass is 32.2. The van der Waals surface area contributed by atoms with Gasteiger partial charge in [-0.25, -0.2) is 4.98 Å². The molecule has 1 unspecified atom stereocenters. The fraction of sp³-hybridized carbons (Fsp3) is 0.211. The Morgan fingerprint density at radius 3 is 2.86 bits per heavy atom. The summed E-state index contributed by atoms with van der Waals surface area (Å²) in [6, 6.07) is 11.3. The van der Waals surface area contributed by atoms with E-state index in [-0.39, 0.29) is 18.2 Å². The third-order valence-electron chi connectivity index (χ3n) is 4.38. The zero-order chi connectivity index (χ0) is 19.1. The molecule has 0 spiro atoms. The largest absolute Gasteiger partial charge is 0.486 e. The fourth-order valence-electron chi connectivity index (χ4n) is 3.08. The molecule has 0 saturated heterocycles. The lowest BCUT2D eigenvalue weighted by Crippen LogP contribution is -2.32. The molecule has 0 bridgehead atoms. The highest BCUT2D eigenvalue weighted by Gasteiger charge is 2.29. The van der Waals surface area contributed by atoms with Crippen LogP contribution in [0, 0.1) is 0 Å². The molecule has 2 aliphatic heterocycles. The lowest BCUT2D eigenvalue weighted by atomic mass is 10.2. The first-order valence-electron chi connectivity index (χ1n) is 8.72. The highest BCUT2D eigenvalue weighted by molar-refractivity contribution is 8.01. The number of thioether (sulfide) groups is 1. The van der Waals surface area contributed by atoms with Crippen molar-refractivity contribution in [2.75, 3.05) is 23.8 Å². The van der Waals surface area contributed by atoms with Crippen LogP contribution in [0.25, 0.3) is 10.2 Å². The summed E-state index contributed by atoms with van der Waals surface area (Å²) in [6.07, 6.45) is 0.0729. The number of nitrogens with one attached hydrogen (secondary N) is 2. The second kappa shape index (κ2) is 6.99. The minimum Gasteiger partial charge on any atom is -0.486 e. The Hall–Kier alpha value is -2.78. The van der Waals surface area contributed by atoms with E-state index in [0.29, 0.717) is 29.8 Å². The van der Waals surface area contributed by atoms with Gasteiger partial charge in [-0.1, -0.05) is 23.5 Å². The third kappa shape index (κ3) is 3.27. The minimum atomic E-state index is -0.474. The number of aromatic nitrogens is 1. The summed E-state index contributed by atoms with van der Waals surface area (Å²) >= 11 is 2.77. The van der Waals surface area contributed by atoms with Gasteiger partial charge < -0.3 is 20.1 Å². The summed E-state index contributed by atoms with van der Waals surface area (Å²) in [7, 11) is 0. The average Bonchev–Trinajstić information content (AvgIpc) is 3.07. The lowest BCUT2D eigenvalue weighted by molar-refractivity contribution is -0.120. The van der Waals surface area contributed by atoms with Crippen LogP contribution in [0.2, 0.25) is 0 Å². The van der Waals surface area contributed by atoms with Crippen molar-refractivity contribution in [3.63, 3.8) is 0 Å². The van der Waals surface area contributed by atoms with E-state index in [2.05, 4.69) is 15.6 Å². The summed E-state index contributed by atoms with van der Waals surface area (Å²) in [4.78, 5) is 30.2. The van der Waals surface area contributed by atoms with Gasteiger partial charge >= 0.3 is 0 Å². The molecule has 1 aromatic heterocycles. The van der Waals surface area contributed by atoms with Crippen molar-refractivity contribution in [1.29, 1.82) is 0 Å². The maximum Gasteiger partial charge on any atom is 0.238 e.